The van der Waals surface area contributed by atoms with Gasteiger partial charge in [0.05, 0.1) is 6.54 Å². The monoisotopic (exact) mass is 236 g/mol. The molecule has 0 fully saturated rings. The zero-order valence-electron chi connectivity index (χ0n) is 10.8. The van der Waals surface area contributed by atoms with Crippen LogP contribution in [0.4, 0.5) is 0 Å². The fourth-order valence-electron chi connectivity index (χ4n) is 1.41. The molecule has 0 amide bonds. The third kappa shape index (κ3) is 3.62. The molecule has 0 aliphatic carbocycles. The van der Waals surface area contributed by atoms with E-state index >= 15 is 0 Å². The van der Waals surface area contributed by atoms with Gasteiger partial charge < -0.3 is 15.6 Å². The fraction of sp³-hybridized carbons (Fsp3) is 0.500. The number of pyridine rings is 1. The Labute approximate surface area is 101 Å². The number of nitrogens with zero attached hydrogens (tertiary/aromatic N) is 2. The Hall–Kier alpha value is -1.78. The van der Waals surface area contributed by atoms with E-state index in [2.05, 4.69) is 10.3 Å². The Kier molecular flexibility index (Phi) is 4.31. The standard InChI is InChI=1S/C12H20N4O/c1-8(2)15-12(13)14-7-10-6-5-9(3)16(4)11(10)17/h5-6,8H,7H2,1-4H3,(H3,13,14,15). The van der Waals surface area contributed by atoms with Gasteiger partial charge in [-0.15, -0.1) is 0 Å². The van der Waals surface area contributed by atoms with Crippen LogP contribution in [0.2, 0.25) is 0 Å². The van der Waals surface area contributed by atoms with E-state index in [1.54, 1.807) is 17.7 Å². The van der Waals surface area contributed by atoms with Crippen LogP contribution in [0.3, 0.4) is 0 Å². The molecule has 0 atom stereocenters. The Balaban J connectivity index is 2.84. The number of rotatable bonds is 3. The first-order chi connectivity index (χ1) is 7.91. The van der Waals surface area contributed by atoms with Crippen molar-refractivity contribution >= 4 is 5.96 Å². The summed E-state index contributed by atoms with van der Waals surface area (Å²) in [7, 11) is 1.75. The number of nitrogens with one attached hydrogen (secondary N) is 1. The largest absolute Gasteiger partial charge is 0.370 e. The van der Waals surface area contributed by atoms with Crippen LogP contribution in [-0.4, -0.2) is 16.6 Å². The zero-order chi connectivity index (χ0) is 13.0. The summed E-state index contributed by atoms with van der Waals surface area (Å²) in [6.45, 7) is 6.15. The van der Waals surface area contributed by atoms with E-state index in [1.165, 1.54) is 0 Å². The van der Waals surface area contributed by atoms with Gasteiger partial charge in [0.25, 0.3) is 5.56 Å². The van der Waals surface area contributed by atoms with Gasteiger partial charge in [-0.25, -0.2) is 4.99 Å². The van der Waals surface area contributed by atoms with Crippen molar-refractivity contribution in [3.63, 3.8) is 0 Å². The number of hydrogen-bond donors (Lipinski definition) is 2. The van der Waals surface area contributed by atoms with Crippen LogP contribution in [0.25, 0.3) is 0 Å². The fourth-order valence-corrected chi connectivity index (χ4v) is 1.41. The normalized spacial score (nSPS) is 11.9. The van der Waals surface area contributed by atoms with Gasteiger partial charge >= 0.3 is 0 Å². The number of guanidine groups is 1. The quantitative estimate of drug-likeness (QED) is 0.593. The summed E-state index contributed by atoms with van der Waals surface area (Å²) in [4.78, 5) is 16.0. The van der Waals surface area contributed by atoms with Gasteiger partial charge in [0.2, 0.25) is 0 Å². The predicted molar refractivity (Wildman–Crippen MR) is 70.0 cm³/mol. The second kappa shape index (κ2) is 5.52. The van der Waals surface area contributed by atoms with Gasteiger partial charge in [-0.05, 0) is 32.9 Å². The van der Waals surface area contributed by atoms with E-state index < -0.39 is 0 Å². The molecule has 1 aromatic rings. The van der Waals surface area contributed by atoms with Crippen molar-refractivity contribution in [3.05, 3.63) is 33.7 Å². The predicted octanol–water partition coefficient (Wildman–Crippen LogP) is 0.506. The van der Waals surface area contributed by atoms with Gasteiger partial charge in [-0.3, -0.25) is 4.79 Å². The van der Waals surface area contributed by atoms with Crippen molar-refractivity contribution < 1.29 is 0 Å². The Bertz CT molecular complexity index is 474. The van der Waals surface area contributed by atoms with E-state index in [4.69, 9.17) is 5.73 Å². The SMILES string of the molecule is Cc1ccc(CN=C(N)NC(C)C)c(=O)n1C. The minimum atomic E-state index is -0.0221. The summed E-state index contributed by atoms with van der Waals surface area (Å²) in [5, 5.41) is 2.98. The molecule has 1 heterocycles. The molecule has 17 heavy (non-hydrogen) atoms. The number of nitrogens with two attached hydrogens (primary N) is 1. The maximum atomic E-state index is 11.9. The second-order valence-electron chi connectivity index (χ2n) is 4.36. The van der Waals surface area contributed by atoms with E-state index in [-0.39, 0.29) is 11.6 Å². The molecule has 0 saturated heterocycles. The molecule has 5 nitrogen and oxygen atoms in total. The third-order valence-corrected chi connectivity index (χ3v) is 2.49. The third-order valence-electron chi connectivity index (χ3n) is 2.49. The summed E-state index contributed by atoms with van der Waals surface area (Å²) in [5.41, 5.74) is 7.22. The van der Waals surface area contributed by atoms with E-state index in [0.717, 1.165) is 5.69 Å². The Morgan fingerprint density at radius 1 is 1.53 bits per heavy atom. The molecule has 5 heteroatoms. The molecule has 0 unspecified atom stereocenters. The number of aliphatic imine (C=N–C) groups is 1. The van der Waals surface area contributed by atoms with Crippen molar-refractivity contribution in [1.29, 1.82) is 0 Å². The van der Waals surface area contributed by atoms with Gasteiger partial charge in [0, 0.05) is 24.3 Å². The lowest BCUT2D eigenvalue weighted by Gasteiger charge is -2.09. The zero-order valence-corrected chi connectivity index (χ0v) is 10.8. The van der Waals surface area contributed by atoms with E-state index in [0.29, 0.717) is 18.1 Å². The number of aromatic nitrogens is 1. The highest BCUT2D eigenvalue weighted by molar-refractivity contribution is 5.78. The lowest BCUT2D eigenvalue weighted by atomic mass is 10.2. The summed E-state index contributed by atoms with van der Waals surface area (Å²) < 4.78 is 1.61. The Morgan fingerprint density at radius 2 is 2.18 bits per heavy atom. The Morgan fingerprint density at radius 3 is 2.76 bits per heavy atom. The minimum Gasteiger partial charge on any atom is -0.370 e. The highest BCUT2D eigenvalue weighted by Gasteiger charge is 2.03. The van der Waals surface area contributed by atoms with Crippen molar-refractivity contribution in [1.82, 2.24) is 9.88 Å². The van der Waals surface area contributed by atoms with Crippen LogP contribution >= 0.6 is 0 Å². The van der Waals surface area contributed by atoms with Crippen LogP contribution in [0.5, 0.6) is 0 Å². The average Bonchev–Trinajstić information content (AvgIpc) is 2.24. The molecule has 1 rings (SSSR count). The van der Waals surface area contributed by atoms with Crippen LogP contribution < -0.4 is 16.6 Å². The highest BCUT2D eigenvalue weighted by atomic mass is 16.1. The van der Waals surface area contributed by atoms with Crippen molar-refractivity contribution in [3.8, 4) is 0 Å². The molecule has 94 valence electrons. The van der Waals surface area contributed by atoms with Crippen molar-refractivity contribution in [2.75, 3.05) is 0 Å². The molecule has 0 radical (unpaired) electrons. The molecule has 0 bridgehead atoms. The average molecular weight is 236 g/mol. The molecule has 0 spiro atoms. The highest BCUT2D eigenvalue weighted by Crippen LogP contribution is 1.98. The van der Waals surface area contributed by atoms with Crippen molar-refractivity contribution in [2.45, 2.75) is 33.4 Å². The summed E-state index contributed by atoms with van der Waals surface area (Å²) in [5.74, 6) is 0.364. The maximum Gasteiger partial charge on any atom is 0.255 e. The van der Waals surface area contributed by atoms with Gasteiger partial charge in [-0.1, -0.05) is 0 Å². The summed E-state index contributed by atoms with van der Waals surface area (Å²) >= 11 is 0. The lowest BCUT2D eigenvalue weighted by Crippen LogP contribution is -2.36. The van der Waals surface area contributed by atoms with Gasteiger partial charge in [0.1, 0.15) is 0 Å². The van der Waals surface area contributed by atoms with Crippen LogP contribution in [0.15, 0.2) is 21.9 Å². The van der Waals surface area contributed by atoms with Crippen LogP contribution in [0.1, 0.15) is 25.1 Å². The molecule has 0 aliphatic heterocycles. The second-order valence-corrected chi connectivity index (χ2v) is 4.36. The van der Waals surface area contributed by atoms with Crippen LogP contribution in [0, 0.1) is 6.92 Å². The minimum absolute atomic E-state index is 0.0221. The molecule has 0 aromatic carbocycles. The summed E-state index contributed by atoms with van der Waals surface area (Å²) in [6.07, 6.45) is 0. The van der Waals surface area contributed by atoms with Crippen molar-refractivity contribution in [2.24, 2.45) is 17.8 Å². The molecule has 0 saturated carbocycles. The first-order valence-corrected chi connectivity index (χ1v) is 5.63. The summed E-state index contributed by atoms with van der Waals surface area (Å²) in [6, 6.07) is 3.93. The molecule has 0 aliphatic rings. The maximum absolute atomic E-state index is 11.9. The molecular weight excluding hydrogens is 216 g/mol. The van der Waals surface area contributed by atoms with E-state index in [1.807, 2.05) is 26.8 Å². The molecular formula is C12H20N4O. The van der Waals surface area contributed by atoms with E-state index in [9.17, 15) is 4.79 Å². The lowest BCUT2D eigenvalue weighted by molar-refractivity contribution is 0.722. The number of aryl methyl sites for hydroxylation is 1. The topological polar surface area (TPSA) is 72.4 Å². The first-order valence-electron chi connectivity index (χ1n) is 5.63. The smallest absolute Gasteiger partial charge is 0.255 e. The van der Waals surface area contributed by atoms with Gasteiger partial charge in [0.15, 0.2) is 5.96 Å². The molecule has 1 aromatic heterocycles. The van der Waals surface area contributed by atoms with Gasteiger partial charge in [-0.2, -0.15) is 0 Å². The first kappa shape index (κ1) is 13.3. The van der Waals surface area contributed by atoms with Crippen LogP contribution in [-0.2, 0) is 13.6 Å². The molecule has 3 N–H and O–H groups in total. The number of hydrogen-bond acceptors (Lipinski definition) is 2.